The lowest BCUT2D eigenvalue weighted by atomic mass is 9.94. The van der Waals surface area contributed by atoms with Gasteiger partial charge in [0.05, 0.1) is 25.4 Å². The third-order valence-corrected chi connectivity index (χ3v) is 6.26. The van der Waals surface area contributed by atoms with E-state index in [0.29, 0.717) is 16.5 Å². The Morgan fingerprint density at radius 2 is 1.26 bits per heavy atom. The smallest absolute Gasteiger partial charge is 0.147 e. The first-order chi connectivity index (χ1) is 16.8. The summed E-state index contributed by atoms with van der Waals surface area (Å²) in [5.74, 6) is 11.6. The Morgan fingerprint density at radius 3 is 1.86 bits per heavy atom. The predicted molar refractivity (Wildman–Crippen MR) is 124 cm³/mol. The van der Waals surface area contributed by atoms with Crippen molar-refractivity contribution >= 4 is 10.8 Å². The van der Waals surface area contributed by atoms with Crippen LogP contribution in [0.25, 0.3) is 10.8 Å². The van der Waals surface area contributed by atoms with Crippen LogP contribution in [-0.4, -0.2) is 104 Å². The van der Waals surface area contributed by atoms with E-state index in [1.807, 2.05) is 18.2 Å². The van der Waals surface area contributed by atoms with Crippen LogP contribution in [0.5, 0.6) is 0 Å². The Hall–Kier alpha value is -2.54. The van der Waals surface area contributed by atoms with Crippen molar-refractivity contribution in [1.82, 2.24) is 0 Å². The van der Waals surface area contributed by atoms with E-state index in [0.717, 1.165) is 5.39 Å². The largest absolute Gasteiger partial charge is 0.394 e. The van der Waals surface area contributed by atoms with Gasteiger partial charge < -0.3 is 45.2 Å². The number of hydrogen-bond donors (Lipinski definition) is 7. The van der Waals surface area contributed by atoms with Gasteiger partial charge in [0.25, 0.3) is 0 Å². The van der Waals surface area contributed by atoms with E-state index in [1.54, 1.807) is 18.2 Å². The third-order valence-electron chi connectivity index (χ3n) is 6.26. The Kier molecular flexibility index (Phi) is 8.05. The molecule has 9 heteroatoms. The highest BCUT2D eigenvalue weighted by Crippen LogP contribution is 2.25. The van der Waals surface area contributed by atoms with Gasteiger partial charge in [-0.15, -0.1) is 0 Å². The van der Waals surface area contributed by atoms with Crippen LogP contribution in [-0.2, 0) is 9.47 Å². The lowest BCUT2D eigenvalue weighted by Crippen LogP contribution is -2.58. The molecule has 0 aromatic heterocycles. The van der Waals surface area contributed by atoms with Crippen LogP contribution in [0.2, 0.25) is 0 Å². The van der Waals surface area contributed by atoms with Gasteiger partial charge in [0.1, 0.15) is 42.7 Å². The number of rotatable bonds is 2. The van der Waals surface area contributed by atoms with E-state index in [1.165, 1.54) is 0 Å². The minimum Gasteiger partial charge on any atom is -0.394 e. The Bertz CT molecular complexity index is 1150. The molecule has 0 saturated carbocycles. The summed E-state index contributed by atoms with van der Waals surface area (Å²) in [5.41, 5.74) is 1.17. The van der Waals surface area contributed by atoms with E-state index >= 15 is 0 Å². The maximum absolute atomic E-state index is 10.3. The Labute approximate surface area is 202 Å². The van der Waals surface area contributed by atoms with Gasteiger partial charge in [-0.3, -0.25) is 0 Å². The fourth-order valence-electron chi connectivity index (χ4n) is 4.26. The van der Waals surface area contributed by atoms with Gasteiger partial charge in [-0.25, -0.2) is 0 Å². The highest BCUT2D eigenvalue weighted by atomic mass is 16.5. The standard InChI is InChI=1S/C26H28O9/c27-12-21-18(30)11-17(29)19(34-21)9-7-15-5-1-3-14-4-2-6-16(23(14)15)8-10-20-24(31)26(33)25(32)22(13-28)35-20/h1-6,17-22,24-33H,11-13H2/t17-,18?,19?,20?,21+,22?,24?,25+,26?/m0/s1. The quantitative estimate of drug-likeness (QED) is 0.246. The molecule has 35 heavy (non-hydrogen) atoms. The van der Waals surface area contributed by atoms with Crippen LogP contribution in [0.4, 0.5) is 0 Å². The lowest BCUT2D eigenvalue weighted by Gasteiger charge is -2.37. The molecule has 9 atom stereocenters. The predicted octanol–water partition coefficient (Wildman–Crippen LogP) is -1.74. The zero-order chi connectivity index (χ0) is 25.1. The second-order valence-electron chi connectivity index (χ2n) is 8.65. The van der Waals surface area contributed by atoms with Crippen LogP contribution in [0.3, 0.4) is 0 Å². The molecule has 2 fully saturated rings. The molecule has 2 saturated heterocycles. The van der Waals surface area contributed by atoms with Crippen LogP contribution < -0.4 is 0 Å². The summed E-state index contributed by atoms with van der Waals surface area (Å²) >= 11 is 0. The minimum atomic E-state index is -1.52. The summed E-state index contributed by atoms with van der Waals surface area (Å²) in [6, 6.07) is 10.9. The van der Waals surface area contributed by atoms with Gasteiger partial charge in [0, 0.05) is 22.9 Å². The van der Waals surface area contributed by atoms with E-state index in [9.17, 15) is 35.7 Å². The van der Waals surface area contributed by atoms with Crippen molar-refractivity contribution in [1.29, 1.82) is 0 Å². The van der Waals surface area contributed by atoms with E-state index in [2.05, 4.69) is 23.7 Å². The molecule has 186 valence electrons. The molecule has 0 amide bonds. The summed E-state index contributed by atoms with van der Waals surface area (Å²) in [7, 11) is 0. The highest BCUT2D eigenvalue weighted by Gasteiger charge is 2.42. The number of aliphatic hydroxyl groups is 7. The van der Waals surface area contributed by atoms with Crippen molar-refractivity contribution in [3.63, 3.8) is 0 Å². The molecule has 2 aromatic rings. The molecular formula is C26H28O9. The van der Waals surface area contributed by atoms with Gasteiger partial charge in [0.15, 0.2) is 0 Å². The van der Waals surface area contributed by atoms with Gasteiger partial charge in [0.2, 0.25) is 0 Å². The number of ether oxygens (including phenoxy) is 2. The monoisotopic (exact) mass is 484 g/mol. The van der Waals surface area contributed by atoms with Crippen molar-refractivity contribution in [2.45, 2.75) is 61.4 Å². The number of aliphatic hydroxyl groups excluding tert-OH is 7. The summed E-state index contributed by atoms with van der Waals surface area (Å²) in [6.07, 6.45) is -10.3. The average molecular weight is 485 g/mol. The van der Waals surface area contributed by atoms with Gasteiger partial charge >= 0.3 is 0 Å². The normalized spacial score (nSPS) is 35.0. The van der Waals surface area contributed by atoms with Crippen molar-refractivity contribution in [3.8, 4) is 23.7 Å². The fourth-order valence-corrected chi connectivity index (χ4v) is 4.26. The number of fused-ring (bicyclic) bond motifs is 1. The Morgan fingerprint density at radius 1 is 0.686 bits per heavy atom. The number of hydrogen-bond acceptors (Lipinski definition) is 9. The minimum absolute atomic E-state index is 0.0376. The molecule has 2 aliphatic rings. The summed E-state index contributed by atoms with van der Waals surface area (Å²) < 4.78 is 11.0. The topological polar surface area (TPSA) is 160 Å². The molecule has 2 heterocycles. The zero-order valence-corrected chi connectivity index (χ0v) is 18.7. The maximum Gasteiger partial charge on any atom is 0.147 e. The molecule has 0 radical (unpaired) electrons. The zero-order valence-electron chi connectivity index (χ0n) is 18.7. The first kappa shape index (κ1) is 25.5. The second-order valence-corrected chi connectivity index (χ2v) is 8.65. The highest BCUT2D eigenvalue weighted by molar-refractivity contribution is 5.93. The van der Waals surface area contributed by atoms with Crippen LogP contribution in [0.1, 0.15) is 17.5 Å². The molecule has 6 unspecified atom stereocenters. The maximum atomic E-state index is 10.3. The van der Waals surface area contributed by atoms with Crippen LogP contribution in [0, 0.1) is 23.7 Å². The molecule has 0 bridgehead atoms. The van der Waals surface area contributed by atoms with Crippen molar-refractivity contribution in [3.05, 3.63) is 47.5 Å². The molecule has 0 spiro atoms. The molecule has 7 N–H and O–H groups in total. The van der Waals surface area contributed by atoms with Gasteiger partial charge in [-0.1, -0.05) is 47.9 Å². The van der Waals surface area contributed by atoms with E-state index in [-0.39, 0.29) is 6.42 Å². The average Bonchev–Trinajstić information content (AvgIpc) is 2.86. The summed E-state index contributed by atoms with van der Waals surface area (Å²) in [6.45, 7) is -0.932. The first-order valence-corrected chi connectivity index (χ1v) is 11.3. The molecule has 9 nitrogen and oxygen atoms in total. The summed E-state index contributed by atoms with van der Waals surface area (Å²) in [5, 5.41) is 70.7. The van der Waals surface area contributed by atoms with E-state index < -0.39 is 68.1 Å². The molecule has 2 aromatic carbocycles. The number of benzene rings is 2. The summed E-state index contributed by atoms with van der Waals surface area (Å²) in [4.78, 5) is 0. The molecule has 0 aliphatic carbocycles. The van der Waals surface area contributed by atoms with Gasteiger partial charge in [-0.05, 0) is 17.5 Å². The second kappa shape index (κ2) is 11.0. The molecular weight excluding hydrogens is 456 g/mol. The fraction of sp³-hybridized carbons (Fsp3) is 0.462. The Balaban J connectivity index is 1.66. The molecule has 4 rings (SSSR count). The van der Waals surface area contributed by atoms with Crippen molar-refractivity contribution in [2.75, 3.05) is 13.2 Å². The van der Waals surface area contributed by atoms with Crippen LogP contribution in [0.15, 0.2) is 36.4 Å². The molecule has 2 aliphatic heterocycles. The first-order valence-electron chi connectivity index (χ1n) is 11.3. The van der Waals surface area contributed by atoms with Crippen molar-refractivity contribution < 1.29 is 45.2 Å². The van der Waals surface area contributed by atoms with Gasteiger partial charge in [-0.2, -0.15) is 0 Å². The van der Waals surface area contributed by atoms with Crippen molar-refractivity contribution in [2.24, 2.45) is 0 Å². The SMILES string of the molecule is OCC1OC(C#Cc2cccc3cccc(C#CC4O[C@H](CO)C(O)C[C@@H]4O)c23)C(O)C(O)[C@@H]1O. The lowest BCUT2D eigenvalue weighted by molar-refractivity contribution is -0.214. The van der Waals surface area contributed by atoms with E-state index in [4.69, 9.17) is 9.47 Å². The third kappa shape index (κ3) is 5.35. The van der Waals surface area contributed by atoms with Crippen LogP contribution >= 0.6 is 0 Å².